The molecule has 2 aromatic heterocycles. The van der Waals surface area contributed by atoms with E-state index in [0.29, 0.717) is 18.1 Å². The Morgan fingerprint density at radius 2 is 2.00 bits per heavy atom. The van der Waals surface area contributed by atoms with E-state index < -0.39 is 0 Å². The van der Waals surface area contributed by atoms with Crippen molar-refractivity contribution in [2.24, 2.45) is 0 Å². The Bertz CT molecular complexity index is 913. The number of hydrogen-bond donors (Lipinski definition) is 2. The van der Waals surface area contributed by atoms with Crippen LogP contribution >= 0.6 is 0 Å². The topological polar surface area (TPSA) is 95.8 Å². The SMILES string of the molecule is COc1cc(OC)c2cc(CCCNc3nccnc3C#N)[nH]c2c1. The molecule has 0 aliphatic carbocycles. The second-order valence-corrected chi connectivity index (χ2v) is 5.48. The minimum absolute atomic E-state index is 0.310. The summed E-state index contributed by atoms with van der Waals surface area (Å²) in [5, 5.41) is 13.2. The van der Waals surface area contributed by atoms with Crippen molar-refractivity contribution >= 4 is 16.7 Å². The van der Waals surface area contributed by atoms with E-state index in [2.05, 4.69) is 26.3 Å². The van der Waals surface area contributed by atoms with Gasteiger partial charge in [-0.15, -0.1) is 0 Å². The number of nitrogens with zero attached hydrogens (tertiary/aromatic N) is 3. The van der Waals surface area contributed by atoms with Gasteiger partial charge in [-0.1, -0.05) is 0 Å². The lowest BCUT2D eigenvalue weighted by Gasteiger charge is -2.05. The van der Waals surface area contributed by atoms with Gasteiger partial charge < -0.3 is 19.8 Å². The van der Waals surface area contributed by atoms with Crippen LogP contribution in [0.1, 0.15) is 17.8 Å². The molecule has 128 valence electrons. The van der Waals surface area contributed by atoms with Crippen LogP contribution in [0.5, 0.6) is 11.5 Å². The molecule has 0 bridgehead atoms. The third-order valence-electron chi connectivity index (χ3n) is 3.90. The quantitative estimate of drug-likeness (QED) is 0.644. The molecule has 0 spiro atoms. The summed E-state index contributed by atoms with van der Waals surface area (Å²) < 4.78 is 10.7. The van der Waals surface area contributed by atoms with Gasteiger partial charge in [0.1, 0.15) is 17.6 Å². The van der Waals surface area contributed by atoms with E-state index in [0.717, 1.165) is 40.9 Å². The van der Waals surface area contributed by atoms with Gasteiger partial charge in [0.15, 0.2) is 11.5 Å². The molecule has 0 fully saturated rings. The summed E-state index contributed by atoms with van der Waals surface area (Å²) in [6.07, 6.45) is 4.82. The van der Waals surface area contributed by atoms with Crippen LogP contribution in [-0.2, 0) is 6.42 Å². The number of aromatic amines is 1. The summed E-state index contributed by atoms with van der Waals surface area (Å²) >= 11 is 0. The summed E-state index contributed by atoms with van der Waals surface area (Å²) in [5.74, 6) is 2.06. The Labute approximate surface area is 145 Å². The number of methoxy groups -OCH3 is 2. The molecule has 2 N–H and O–H groups in total. The van der Waals surface area contributed by atoms with Gasteiger partial charge in [-0.2, -0.15) is 5.26 Å². The second kappa shape index (κ2) is 7.53. The highest BCUT2D eigenvalue weighted by Crippen LogP contribution is 2.31. The largest absolute Gasteiger partial charge is 0.497 e. The smallest absolute Gasteiger partial charge is 0.182 e. The van der Waals surface area contributed by atoms with Crippen LogP contribution < -0.4 is 14.8 Å². The van der Waals surface area contributed by atoms with Crippen LogP contribution in [0.25, 0.3) is 10.9 Å². The van der Waals surface area contributed by atoms with Crippen molar-refractivity contribution in [1.29, 1.82) is 5.26 Å². The summed E-state index contributed by atoms with van der Waals surface area (Å²) in [7, 11) is 3.29. The summed E-state index contributed by atoms with van der Waals surface area (Å²) in [6.45, 7) is 0.698. The number of aromatic nitrogens is 3. The Morgan fingerprint density at radius 3 is 2.76 bits per heavy atom. The zero-order valence-electron chi connectivity index (χ0n) is 14.2. The predicted octanol–water partition coefficient (Wildman–Crippen LogP) is 2.89. The average molecular weight is 337 g/mol. The average Bonchev–Trinajstić information content (AvgIpc) is 3.07. The van der Waals surface area contributed by atoms with Gasteiger partial charge in [0.2, 0.25) is 0 Å². The van der Waals surface area contributed by atoms with Crippen molar-refractivity contribution in [1.82, 2.24) is 15.0 Å². The van der Waals surface area contributed by atoms with E-state index in [-0.39, 0.29) is 0 Å². The number of rotatable bonds is 7. The van der Waals surface area contributed by atoms with Crippen LogP contribution in [0.4, 0.5) is 5.82 Å². The normalized spacial score (nSPS) is 10.4. The van der Waals surface area contributed by atoms with Crippen molar-refractivity contribution in [2.45, 2.75) is 12.8 Å². The lowest BCUT2D eigenvalue weighted by Crippen LogP contribution is -2.07. The Balaban J connectivity index is 1.65. The molecule has 0 amide bonds. The minimum atomic E-state index is 0.310. The van der Waals surface area contributed by atoms with Crippen LogP contribution in [0.15, 0.2) is 30.6 Å². The molecule has 7 nitrogen and oxygen atoms in total. The number of fused-ring (bicyclic) bond motifs is 1. The van der Waals surface area contributed by atoms with Crippen molar-refractivity contribution in [3.63, 3.8) is 0 Å². The van der Waals surface area contributed by atoms with E-state index >= 15 is 0 Å². The zero-order valence-corrected chi connectivity index (χ0v) is 14.2. The molecule has 3 aromatic rings. The Hall–Kier alpha value is -3.27. The molecule has 25 heavy (non-hydrogen) atoms. The predicted molar refractivity (Wildman–Crippen MR) is 95.0 cm³/mol. The first-order valence-electron chi connectivity index (χ1n) is 7.93. The molecular weight excluding hydrogens is 318 g/mol. The third-order valence-corrected chi connectivity index (χ3v) is 3.90. The molecule has 0 aliphatic heterocycles. The molecule has 0 unspecified atom stereocenters. The number of H-pyrrole nitrogens is 1. The van der Waals surface area contributed by atoms with Gasteiger partial charge in [0, 0.05) is 42.2 Å². The number of anilines is 1. The highest BCUT2D eigenvalue weighted by Gasteiger charge is 2.09. The van der Waals surface area contributed by atoms with E-state index in [1.165, 1.54) is 6.20 Å². The summed E-state index contributed by atoms with van der Waals surface area (Å²) in [4.78, 5) is 11.5. The van der Waals surface area contributed by atoms with Crippen molar-refractivity contribution < 1.29 is 9.47 Å². The number of hydrogen-bond acceptors (Lipinski definition) is 6. The van der Waals surface area contributed by atoms with Crippen molar-refractivity contribution in [2.75, 3.05) is 26.1 Å². The number of nitriles is 1. The molecule has 0 aliphatic rings. The highest BCUT2D eigenvalue weighted by atomic mass is 16.5. The fourth-order valence-corrected chi connectivity index (χ4v) is 2.69. The maximum atomic E-state index is 9.01. The van der Waals surface area contributed by atoms with Gasteiger partial charge >= 0.3 is 0 Å². The van der Waals surface area contributed by atoms with E-state index in [1.54, 1.807) is 20.4 Å². The number of benzene rings is 1. The first kappa shape index (κ1) is 16.6. The van der Waals surface area contributed by atoms with Gasteiger partial charge in [-0.25, -0.2) is 9.97 Å². The van der Waals surface area contributed by atoms with E-state index in [9.17, 15) is 0 Å². The second-order valence-electron chi connectivity index (χ2n) is 5.48. The van der Waals surface area contributed by atoms with Gasteiger partial charge in [0.05, 0.1) is 19.7 Å². The fraction of sp³-hybridized carbons (Fsp3) is 0.278. The van der Waals surface area contributed by atoms with E-state index in [4.69, 9.17) is 14.7 Å². The lowest BCUT2D eigenvalue weighted by molar-refractivity contribution is 0.398. The first-order valence-corrected chi connectivity index (χ1v) is 7.93. The standard InChI is InChI=1S/C18H19N5O2/c1-24-13-9-15-14(17(10-13)25-2)8-12(23-15)4-3-5-21-18-16(11-19)20-6-7-22-18/h6-10,23H,3-5H2,1-2H3,(H,21,22). The maximum absolute atomic E-state index is 9.01. The lowest BCUT2D eigenvalue weighted by atomic mass is 10.2. The van der Waals surface area contributed by atoms with Gasteiger partial charge in [0.25, 0.3) is 0 Å². The summed E-state index contributed by atoms with van der Waals surface area (Å²) in [5.41, 5.74) is 2.41. The minimum Gasteiger partial charge on any atom is -0.497 e. The number of ether oxygens (including phenoxy) is 2. The van der Waals surface area contributed by atoms with Crippen LogP contribution in [-0.4, -0.2) is 35.7 Å². The van der Waals surface area contributed by atoms with Crippen LogP contribution in [0.3, 0.4) is 0 Å². The van der Waals surface area contributed by atoms with Crippen molar-refractivity contribution in [3.8, 4) is 17.6 Å². The molecule has 3 rings (SSSR count). The highest BCUT2D eigenvalue weighted by molar-refractivity contribution is 5.88. The molecule has 7 heteroatoms. The molecular formula is C18H19N5O2. The summed E-state index contributed by atoms with van der Waals surface area (Å²) in [6, 6.07) is 7.95. The Morgan fingerprint density at radius 1 is 1.16 bits per heavy atom. The van der Waals surface area contributed by atoms with Gasteiger partial charge in [-0.05, 0) is 18.9 Å². The van der Waals surface area contributed by atoms with E-state index in [1.807, 2.05) is 18.2 Å². The molecule has 2 heterocycles. The van der Waals surface area contributed by atoms with Crippen LogP contribution in [0, 0.1) is 11.3 Å². The van der Waals surface area contributed by atoms with Crippen molar-refractivity contribution in [3.05, 3.63) is 42.0 Å². The molecule has 0 saturated heterocycles. The number of aryl methyl sites for hydroxylation is 1. The molecule has 0 radical (unpaired) electrons. The fourth-order valence-electron chi connectivity index (χ4n) is 2.69. The molecule has 1 aromatic carbocycles. The third kappa shape index (κ3) is 3.63. The Kier molecular flexibility index (Phi) is 5.00. The zero-order chi connectivity index (χ0) is 17.6. The van der Waals surface area contributed by atoms with Gasteiger partial charge in [-0.3, -0.25) is 0 Å². The molecule has 0 atom stereocenters. The maximum Gasteiger partial charge on any atom is 0.182 e. The van der Waals surface area contributed by atoms with Crippen LogP contribution in [0.2, 0.25) is 0 Å². The molecule has 0 saturated carbocycles. The first-order chi connectivity index (χ1) is 12.2. The monoisotopic (exact) mass is 337 g/mol. The number of nitrogens with one attached hydrogen (secondary N) is 2.